The van der Waals surface area contributed by atoms with Crippen molar-refractivity contribution in [3.63, 3.8) is 0 Å². The second-order valence-corrected chi connectivity index (χ2v) is 7.52. The monoisotopic (exact) mass is 445 g/mol. The van der Waals surface area contributed by atoms with Crippen molar-refractivity contribution in [2.24, 2.45) is 7.05 Å². The predicted octanol–water partition coefficient (Wildman–Crippen LogP) is 2.47. The zero-order chi connectivity index (χ0) is 23.2. The first-order valence-electron chi connectivity index (χ1n) is 9.63. The summed E-state index contributed by atoms with van der Waals surface area (Å²) in [4.78, 5) is 19.4. The Kier molecular flexibility index (Phi) is 8.02. The lowest BCUT2D eigenvalue weighted by Crippen LogP contribution is -2.48. The quantitative estimate of drug-likeness (QED) is 0.582. The molecule has 0 saturated carbocycles. The molecule has 0 bridgehead atoms. The summed E-state index contributed by atoms with van der Waals surface area (Å²) < 4.78 is 55.9. The molecule has 1 aromatic heterocycles. The van der Waals surface area contributed by atoms with E-state index in [-0.39, 0.29) is 18.7 Å². The fraction of sp³-hybridized carbons (Fsp3) is 0.500. The Morgan fingerprint density at radius 1 is 1.23 bits per heavy atom. The molecule has 31 heavy (non-hydrogen) atoms. The number of aryl methyl sites for hydroxylation is 1. The van der Waals surface area contributed by atoms with Crippen LogP contribution in [0.1, 0.15) is 17.8 Å². The number of benzene rings is 1. The molecule has 0 aliphatic rings. The summed E-state index contributed by atoms with van der Waals surface area (Å²) in [5, 5.41) is 12.8. The lowest BCUT2D eigenvalue weighted by atomic mass is 9.97. The van der Waals surface area contributed by atoms with Gasteiger partial charge in [-0.2, -0.15) is 13.2 Å². The van der Waals surface area contributed by atoms with Gasteiger partial charge in [-0.25, -0.2) is 14.2 Å². The second kappa shape index (κ2) is 10.1. The van der Waals surface area contributed by atoms with Gasteiger partial charge in [-0.1, -0.05) is 18.2 Å². The number of hydrogen-bond donors (Lipinski definition) is 2. The highest BCUT2D eigenvalue weighted by Gasteiger charge is 2.57. The van der Waals surface area contributed by atoms with Crippen LogP contribution >= 0.6 is 0 Å². The van der Waals surface area contributed by atoms with Gasteiger partial charge >= 0.3 is 12.2 Å². The number of halogens is 4. The van der Waals surface area contributed by atoms with E-state index < -0.39 is 42.4 Å². The maximum atomic E-state index is 14.0. The number of hydrogen-bond acceptors (Lipinski definition) is 4. The fourth-order valence-corrected chi connectivity index (χ4v) is 3.01. The van der Waals surface area contributed by atoms with Crippen molar-refractivity contribution in [3.8, 4) is 0 Å². The molecule has 1 atom stereocenters. The number of carbonyl (C=O) groups excluding carboxylic acids is 1. The van der Waals surface area contributed by atoms with Crippen molar-refractivity contribution in [2.45, 2.75) is 24.7 Å². The normalized spacial score (nSPS) is 13.8. The Labute approximate surface area is 178 Å². The van der Waals surface area contributed by atoms with Crippen molar-refractivity contribution in [1.82, 2.24) is 24.7 Å². The number of amides is 2. The van der Waals surface area contributed by atoms with E-state index in [1.807, 2.05) is 4.90 Å². The molecule has 0 spiro atoms. The number of alkyl halides is 3. The van der Waals surface area contributed by atoms with Crippen LogP contribution in [0.2, 0.25) is 0 Å². The number of aromatic nitrogens is 2. The highest BCUT2D eigenvalue weighted by atomic mass is 19.4. The van der Waals surface area contributed by atoms with Crippen LogP contribution in [0, 0.1) is 5.82 Å². The van der Waals surface area contributed by atoms with Crippen LogP contribution in [-0.4, -0.2) is 70.4 Å². The van der Waals surface area contributed by atoms with E-state index in [4.69, 9.17) is 0 Å². The van der Waals surface area contributed by atoms with Gasteiger partial charge in [0.2, 0.25) is 5.60 Å². The number of imidazole rings is 1. The van der Waals surface area contributed by atoms with Gasteiger partial charge in [0, 0.05) is 51.1 Å². The van der Waals surface area contributed by atoms with E-state index in [1.165, 1.54) is 36.3 Å². The molecule has 11 heteroatoms. The summed E-state index contributed by atoms with van der Waals surface area (Å²) in [7, 11) is 4.94. The molecule has 172 valence electrons. The Morgan fingerprint density at radius 2 is 1.90 bits per heavy atom. The number of likely N-dealkylation sites (N-methyl/N-ethyl adjacent to an activating group) is 1. The number of urea groups is 1. The van der Waals surface area contributed by atoms with E-state index in [0.717, 1.165) is 10.8 Å². The molecule has 0 radical (unpaired) electrons. The van der Waals surface area contributed by atoms with Crippen LogP contribution in [0.25, 0.3) is 0 Å². The Bertz CT molecular complexity index is 871. The maximum absolute atomic E-state index is 14.0. The van der Waals surface area contributed by atoms with Gasteiger partial charge in [0.15, 0.2) is 0 Å². The Hall–Kier alpha value is -2.66. The minimum absolute atomic E-state index is 0.0464. The van der Waals surface area contributed by atoms with Crippen LogP contribution in [0.4, 0.5) is 22.4 Å². The van der Waals surface area contributed by atoms with Crippen molar-refractivity contribution in [2.75, 3.05) is 33.7 Å². The number of carbonyl (C=O) groups is 1. The lowest BCUT2D eigenvalue weighted by molar-refractivity contribution is -0.272. The van der Waals surface area contributed by atoms with Crippen molar-refractivity contribution in [1.29, 1.82) is 0 Å². The van der Waals surface area contributed by atoms with E-state index in [9.17, 15) is 27.5 Å². The number of nitrogens with one attached hydrogen (secondary N) is 1. The predicted molar refractivity (Wildman–Crippen MR) is 107 cm³/mol. The number of nitrogens with zero attached hydrogens (tertiary/aromatic N) is 4. The molecule has 0 aliphatic heterocycles. The summed E-state index contributed by atoms with van der Waals surface area (Å²) in [5.74, 6) is -1.04. The molecule has 2 aromatic rings. The van der Waals surface area contributed by atoms with Gasteiger partial charge in [0.25, 0.3) is 0 Å². The molecule has 0 saturated heterocycles. The molecule has 0 aliphatic carbocycles. The van der Waals surface area contributed by atoms with Gasteiger partial charge in [0.1, 0.15) is 11.6 Å². The first kappa shape index (κ1) is 24.6. The van der Waals surface area contributed by atoms with Gasteiger partial charge in [-0.15, -0.1) is 0 Å². The SMILES string of the molecule is CN(C)CCN(Cc1ccccc1F)C(=O)NCCC(O)(c1nccn1C)C(F)(F)F. The van der Waals surface area contributed by atoms with Gasteiger partial charge in [-0.3, -0.25) is 0 Å². The molecule has 2 amide bonds. The summed E-state index contributed by atoms with van der Waals surface area (Å²) in [6.45, 7) is 0.199. The maximum Gasteiger partial charge on any atom is 0.424 e. The smallest absolute Gasteiger partial charge is 0.374 e. The van der Waals surface area contributed by atoms with E-state index in [2.05, 4.69) is 10.3 Å². The molecule has 0 fully saturated rings. The minimum Gasteiger partial charge on any atom is -0.374 e. The molecule has 1 heterocycles. The van der Waals surface area contributed by atoms with Crippen molar-refractivity contribution < 1.29 is 27.5 Å². The zero-order valence-corrected chi connectivity index (χ0v) is 17.7. The van der Waals surface area contributed by atoms with Crippen LogP contribution < -0.4 is 5.32 Å². The molecule has 1 aromatic carbocycles. The molecule has 1 unspecified atom stereocenters. The number of rotatable bonds is 9. The van der Waals surface area contributed by atoms with E-state index >= 15 is 0 Å². The lowest BCUT2D eigenvalue weighted by Gasteiger charge is -2.30. The topological polar surface area (TPSA) is 73.6 Å². The van der Waals surface area contributed by atoms with Crippen LogP contribution in [0.15, 0.2) is 36.7 Å². The highest BCUT2D eigenvalue weighted by Crippen LogP contribution is 2.40. The molecule has 7 nitrogen and oxygen atoms in total. The zero-order valence-electron chi connectivity index (χ0n) is 17.7. The van der Waals surface area contributed by atoms with Gasteiger partial charge < -0.3 is 24.8 Å². The van der Waals surface area contributed by atoms with Crippen LogP contribution in [0.5, 0.6) is 0 Å². The third-order valence-electron chi connectivity index (χ3n) is 4.85. The number of aliphatic hydroxyl groups is 1. The summed E-state index contributed by atoms with van der Waals surface area (Å²) in [6, 6.07) is 5.31. The van der Waals surface area contributed by atoms with Crippen LogP contribution in [0.3, 0.4) is 0 Å². The van der Waals surface area contributed by atoms with Crippen molar-refractivity contribution in [3.05, 3.63) is 53.9 Å². The van der Waals surface area contributed by atoms with E-state index in [0.29, 0.717) is 6.54 Å². The summed E-state index contributed by atoms with van der Waals surface area (Å²) in [5.41, 5.74) is -2.94. The minimum atomic E-state index is -4.99. The van der Waals surface area contributed by atoms with Crippen molar-refractivity contribution >= 4 is 6.03 Å². The standard InChI is InChI=1S/C20H27F4N5O2/c1-27(2)12-13-29(14-15-6-4-5-7-16(15)21)18(30)26-9-8-19(31,20(22,23)24)17-25-10-11-28(17)3/h4-7,10-11,31H,8-9,12-14H2,1-3H3,(H,26,30). The third kappa shape index (κ3) is 6.17. The highest BCUT2D eigenvalue weighted by molar-refractivity contribution is 5.74. The van der Waals surface area contributed by atoms with Gasteiger partial charge in [0.05, 0.1) is 6.54 Å². The first-order chi connectivity index (χ1) is 14.5. The largest absolute Gasteiger partial charge is 0.424 e. The summed E-state index contributed by atoms with van der Waals surface area (Å²) >= 11 is 0. The van der Waals surface area contributed by atoms with Crippen LogP contribution in [-0.2, 0) is 19.2 Å². The third-order valence-corrected chi connectivity index (χ3v) is 4.85. The average molecular weight is 445 g/mol. The first-order valence-corrected chi connectivity index (χ1v) is 9.63. The Balaban J connectivity index is 2.10. The Morgan fingerprint density at radius 3 is 2.45 bits per heavy atom. The second-order valence-electron chi connectivity index (χ2n) is 7.52. The summed E-state index contributed by atoms with van der Waals surface area (Å²) in [6.07, 6.45) is -3.37. The average Bonchev–Trinajstić information content (AvgIpc) is 3.11. The molecular formula is C20H27F4N5O2. The molecule has 2 rings (SSSR count). The molecule has 2 N–H and O–H groups in total. The van der Waals surface area contributed by atoms with Gasteiger partial charge in [-0.05, 0) is 20.2 Å². The van der Waals surface area contributed by atoms with E-state index in [1.54, 1.807) is 20.2 Å². The fourth-order valence-electron chi connectivity index (χ4n) is 3.01. The molecular weight excluding hydrogens is 418 g/mol.